The summed E-state index contributed by atoms with van der Waals surface area (Å²) in [6.07, 6.45) is 2.09. The molecule has 0 aliphatic carbocycles. The highest BCUT2D eigenvalue weighted by molar-refractivity contribution is 9.10. The largest absolute Gasteiger partial charge is 0.490 e. The van der Waals surface area contributed by atoms with Gasteiger partial charge in [-0.05, 0) is 74.7 Å². The summed E-state index contributed by atoms with van der Waals surface area (Å²) in [7, 11) is 0. The highest BCUT2D eigenvalue weighted by Crippen LogP contribution is 2.28. The smallest absolute Gasteiger partial charge is 0.329 e. The Morgan fingerprint density at radius 3 is 2.50 bits per heavy atom. The SMILES string of the molecule is CCOc1cc(/C=N\NC(=O)C(=O)N[C@H](C)CC)ccc1OCC(=O)Nc1ccc(Br)c(C)c1. The van der Waals surface area contributed by atoms with Crippen molar-refractivity contribution < 1.29 is 23.9 Å². The van der Waals surface area contributed by atoms with E-state index in [4.69, 9.17) is 9.47 Å². The first-order valence-corrected chi connectivity index (χ1v) is 11.6. The second kappa shape index (κ2) is 13.3. The topological polar surface area (TPSA) is 118 Å². The van der Waals surface area contributed by atoms with Crippen LogP contribution in [0, 0.1) is 6.92 Å². The molecular formula is C24H29BrN4O5. The average Bonchev–Trinajstić information content (AvgIpc) is 2.80. The number of nitrogens with one attached hydrogen (secondary N) is 3. The van der Waals surface area contributed by atoms with Crippen molar-refractivity contribution in [3.63, 3.8) is 0 Å². The zero-order chi connectivity index (χ0) is 25.1. The molecule has 2 aromatic rings. The van der Waals surface area contributed by atoms with Gasteiger partial charge in [0.15, 0.2) is 18.1 Å². The average molecular weight is 533 g/mol. The molecule has 3 N–H and O–H groups in total. The number of hydrogen-bond donors (Lipinski definition) is 3. The number of hydrogen-bond acceptors (Lipinski definition) is 6. The van der Waals surface area contributed by atoms with Crippen molar-refractivity contribution in [2.45, 2.75) is 40.2 Å². The number of anilines is 1. The molecule has 1 atom stereocenters. The Bertz CT molecular complexity index is 1060. The highest BCUT2D eigenvalue weighted by atomic mass is 79.9. The van der Waals surface area contributed by atoms with Gasteiger partial charge in [0.1, 0.15) is 0 Å². The minimum Gasteiger partial charge on any atom is -0.490 e. The number of aryl methyl sites for hydroxylation is 1. The van der Waals surface area contributed by atoms with Crippen LogP contribution >= 0.6 is 15.9 Å². The van der Waals surface area contributed by atoms with E-state index >= 15 is 0 Å². The molecule has 0 radical (unpaired) electrons. The number of ether oxygens (including phenoxy) is 2. The first kappa shape index (κ1) is 26.8. The van der Waals surface area contributed by atoms with Crippen LogP contribution < -0.4 is 25.5 Å². The number of carbonyl (C=O) groups is 3. The molecule has 0 unspecified atom stereocenters. The van der Waals surface area contributed by atoms with Gasteiger partial charge >= 0.3 is 11.8 Å². The number of benzene rings is 2. The van der Waals surface area contributed by atoms with E-state index in [1.54, 1.807) is 31.2 Å². The van der Waals surface area contributed by atoms with Gasteiger partial charge in [0, 0.05) is 16.2 Å². The molecule has 9 nitrogen and oxygen atoms in total. The van der Waals surface area contributed by atoms with Crippen LogP contribution in [0.15, 0.2) is 46.0 Å². The maximum absolute atomic E-state index is 12.3. The Labute approximate surface area is 207 Å². The molecule has 0 aromatic heterocycles. The van der Waals surface area contributed by atoms with Crippen LogP contribution in [0.3, 0.4) is 0 Å². The van der Waals surface area contributed by atoms with Gasteiger partial charge in [0.25, 0.3) is 5.91 Å². The van der Waals surface area contributed by atoms with Crippen LogP contribution in [0.2, 0.25) is 0 Å². The third-order valence-electron chi connectivity index (χ3n) is 4.64. The molecule has 0 spiro atoms. The lowest BCUT2D eigenvalue weighted by Crippen LogP contribution is -2.41. The van der Waals surface area contributed by atoms with Crippen LogP contribution in [0.1, 0.15) is 38.3 Å². The predicted molar refractivity (Wildman–Crippen MR) is 134 cm³/mol. The number of nitrogens with zero attached hydrogens (tertiary/aromatic N) is 1. The molecule has 0 fully saturated rings. The zero-order valence-electron chi connectivity index (χ0n) is 19.6. The fraction of sp³-hybridized carbons (Fsp3) is 0.333. The third kappa shape index (κ3) is 8.51. The molecule has 3 amide bonds. The molecule has 0 saturated heterocycles. The van der Waals surface area contributed by atoms with Crippen LogP contribution in [0.25, 0.3) is 0 Å². The van der Waals surface area contributed by atoms with Crippen LogP contribution in [0.5, 0.6) is 11.5 Å². The van der Waals surface area contributed by atoms with E-state index in [0.717, 1.165) is 10.0 Å². The Kier molecular flexibility index (Phi) is 10.5. The number of rotatable bonds is 10. The van der Waals surface area contributed by atoms with Crippen molar-refractivity contribution in [1.29, 1.82) is 0 Å². The van der Waals surface area contributed by atoms with Gasteiger partial charge in [0.05, 0.1) is 12.8 Å². The van der Waals surface area contributed by atoms with E-state index in [2.05, 4.69) is 37.1 Å². The summed E-state index contributed by atoms with van der Waals surface area (Å²) < 4.78 is 12.2. The van der Waals surface area contributed by atoms with Gasteiger partial charge < -0.3 is 20.1 Å². The summed E-state index contributed by atoms with van der Waals surface area (Å²) >= 11 is 3.43. The molecule has 0 heterocycles. The van der Waals surface area contributed by atoms with Gasteiger partial charge in [0.2, 0.25) is 0 Å². The summed E-state index contributed by atoms with van der Waals surface area (Å²) in [6.45, 7) is 7.64. The van der Waals surface area contributed by atoms with E-state index in [9.17, 15) is 14.4 Å². The van der Waals surface area contributed by atoms with Gasteiger partial charge in [-0.1, -0.05) is 22.9 Å². The fourth-order valence-corrected chi connectivity index (χ4v) is 2.91. The quantitative estimate of drug-likeness (QED) is 0.245. The fourth-order valence-electron chi connectivity index (χ4n) is 2.66. The van der Waals surface area contributed by atoms with Crippen molar-refractivity contribution in [3.8, 4) is 11.5 Å². The maximum atomic E-state index is 12.3. The van der Waals surface area contributed by atoms with Crippen molar-refractivity contribution in [2.75, 3.05) is 18.5 Å². The first-order chi connectivity index (χ1) is 16.2. The van der Waals surface area contributed by atoms with Gasteiger partial charge in [-0.15, -0.1) is 0 Å². The Morgan fingerprint density at radius 1 is 1.06 bits per heavy atom. The standard InChI is InChI=1S/C24H29BrN4O5/c1-5-16(4)27-23(31)24(32)29-26-13-17-7-10-20(21(12-17)33-6-2)34-14-22(30)28-18-8-9-19(25)15(3)11-18/h7-13,16H,5-6,14H2,1-4H3,(H,27,31)(H,28,30)(H,29,32)/b26-13-/t16-/m1/s1. The molecule has 0 saturated carbocycles. The summed E-state index contributed by atoms with van der Waals surface area (Å²) in [5, 5.41) is 9.16. The summed E-state index contributed by atoms with van der Waals surface area (Å²) in [5.41, 5.74) is 4.47. The lowest BCUT2D eigenvalue weighted by Gasteiger charge is -2.13. The Hall–Kier alpha value is -3.40. The van der Waals surface area contributed by atoms with Crippen molar-refractivity contribution in [2.24, 2.45) is 5.10 Å². The molecule has 34 heavy (non-hydrogen) atoms. The van der Waals surface area contributed by atoms with E-state index in [0.29, 0.717) is 35.8 Å². The lowest BCUT2D eigenvalue weighted by atomic mass is 10.2. The molecule has 2 aromatic carbocycles. The van der Waals surface area contributed by atoms with E-state index in [1.165, 1.54) is 6.21 Å². The first-order valence-electron chi connectivity index (χ1n) is 10.8. The summed E-state index contributed by atoms with van der Waals surface area (Å²) in [4.78, 5) is 35.8. The van der Waals surface area contributed by atoms with E-state index < -0.39 is 11.8 Å². The number of hydrazone groups is 1. The molecule has 0 bridgehead atoms. The van der Waals surface area contributed by atoms with Crippen molar-refractivity contribution in [3.05, 3.63) is 52.0 Å². The number of amides is 3. The van der Waals surface area contributed by atoms with Crippen molar-refractivity contribution in [1.82, 2.24) is 10.7 Å². The van der Waals surface area contributed by atoms with Gasteiger partial charge in [-0.25, -0.2) is 5.43 Å². The summed E-state index contributed by atoms with van der Waals surface area (Å²) in [5.74, 6) is -1.11. The minimum atomic E-state index is -0.853. The molecule has 2 rings (SSSR count). The maximum Gasteiger partial charge on any atom is 0.329 e. The van der Waals surface area contributed by atoms with Crippen molar-refractivity contribution >= 4 is 45.6 Å². The second-order valence-corrected chi connectivity index (χ2v) is 8.28. The summed E-state index contributed by atoms with van der Waals surface area (Å²) in [6, 6.07) is 10.4. The second-order valence-electron chi connectivity index (χ2n) is 7.42. The molecule has 0 aliphatic rings. The van der Waals surface area contributed by atoms with Gasteiger partial charge in [-0.3, -0.25) is 14.4 Å². The monoisotopic (exact) mass is 532 g/mol. The van der Waals surface area contributed by atoms with E-state index in [-0.39, 0.29) is 18.6 Å². The molecule has 0 aliphatic heterocycles. The Balaban J connectivity index is 1.96. The van der Waals surface area contributed by atoms with Crippen LogP contribution in [-0.2, 0) is 14.4 Å². The minimum absolute atomic E-state index is 0.107. The van der Waals surface area contributed by atoms with Gasteiger partial charge in [-0.2, -0.15) is 5.10 Å². The molecular weight excluding hydrogens is 504 g/mol. The molecule has 182 valence electrons. The Morgan fingerprint density at radius 2 is 1.82 bits per heavy atom. The van der Waals surface area contributed by atoms with Crippen LogP contribution in [-0.4, -0.2) is 43.2 Å². The third-order valence-corrected chi connectivity index (χ3v) is 5.53. The van der Waals surface area contributed by atoms with E-state index in [1.807, 2.05) is 32.9 Å². The number of carbonyl (C=O) groups excluding carboxylic acids is 3. The van der Waals surface area contributed by atoms with Crippen LogP contribution in [0.4, 0.5) is 5.69 Å². The lowest BCUT2D eigenvalue weighted by molar-refractivity contribution is -0.139. The zero-order valence-corrected chi connectivity index (χ0v) is 21.2. The predicted octanol–water partition coefficient (Wildman–Crippen LogP) is 3.54. The highest BCUT2D eigenvalue weighted by Gasteiger charge is 2.14. The number of halogens is 1. The normalized spacial score (nSPS) is 11.6. The molecule has 10 heteroatoms.